The van der Waals surface area contributed by atoms with E-state index < -0.39 is 0 Å². The molecule has 3 aromatic heterocycles. The molecule has 0 bridgehead atoms. The Hall–Kier alpha value is -4.08. The quantitative estimate of drug-likeness (QED) is 0.519. The monoisotopic (exact) mass is 416 g/mol. The number of pyridine rings is 1. The van der Waals surface area contributed by atoms with E-state index in [-0.39, 0.29) is 6.79 Å². The molecule has 0 amide bonds. The van der Waals surface area contributed by atoms with Crippen LogP contribution in [0.2, 0.25) is 0 Å². The number of anilines is 4. The highest BCUT2D eigenvalue weighted by molar-refractivity contribution is 5.86. The van der Waals surface area contributed by atoms with Crippen LogP contribution in [0.4, 0.5) is 23.3 Å². The SMILES string of the molecule is c1ccc(N2CCN(c3nc(Nc4ccc5c(c4)OCO5)c4[nH]cnc4n3)CC2)nc1. The first-order valence-electron chi connectivity index (χ1n) is 10.1. The van der Waals surface area contributed by atoms with E-state index in [0.717, 1.165) is 49.0 Å². The summed E-state index contributed by atoms with van der Waals surface area (Å²) >= 11 is 0. The van der Waals surface area contributed by atoms with Gasteiger partial charge in [-0.25, -0.2) is 9.97 Å². The van der Waals surface area contributed by atoms with Crippen molar-refractivity contribution < 1.29 is 9.47 Å². The van der Waals surface area contributed by atoms with Gasteiger partial charge in [0, 0.05) is 44.1 Å². The van der Waals surface area contributed by atoms with Gasteiger partial charge in [0.25, 0.3) is 0 Å². The predicted molar refractivity (Wildman–Crippen MR) is 116 cm³/mol. The van der Waals surface area contributed by atoms with Gasteiger partial charge in [-0.3, -0.25) is 0 Å². The number of hydrogen-bond donors (Lipinski definition) is 2. The van der Waals surface area contributed by atoms with Crippen molar-refractivity contribution in [3.8, 4) is 11.5 Å². The molecule has 1 aromatic carbocycles. The molecule has 4 aromatic rings. The number of hydrogen-bond acceptors (Lipinski definition) is 9. The zero-order valence-electron chi connectivity index (χ0n) is 16.7. The normalized spacial score (nSPS) is 15.5. The van der Waals surface area contributed by atoms with E-state index in [9.17, 15) is 0 Å². The second-order valence-electron chi connectivity index (χ2n) is 7.33. The van der Waals surface area contributed by atoms with Crippen LogP contribution in [0, 0.1) is 0 Å². The molecular weight excluding hydrogens is 396 g/mol. The number of aromatic amines is 1. The summed E-state index contributed by atoms with van der Waals surface area (Å²) in [6, 6.07) is 11.7. The first-order chi connectivity index (χ1) is 15.3. The van der Waals surface area contributed by atoms with Gasteiger partial charge in [-0.1, -0.05) is 6.07 Å². The molecule has 0 spiro atoms. The minimum Gasteiger partial charge on any atom is -0.454 e. The molecule has 2 N–H and O–H groups in total. The Bertz CT molecular complexity index is 1220. The summed E-state index contributed by atoms with van der Waals surface area (Å²) in [4.78, 5) is 25.9. The molecule has 1 saturated heterocycles. The van der Waals surface area contributed by atoms with Crippen LogP contribution in [0.1, 0.15) is 0 Å². The van der Waals surface area contributed by atoms with E-state index >= 15 is 0 Å². The molecular formula is C21H20N8O2. The molecule has 2 aliphatic heterocycles. The lowest BCUT2D eigenvalue weighted by Gasteiger charge is -2.35. The topological polar surface area (TPSA) is 104 Å². The van der Waals surface area contributed by atoms with Crippen molar-refractivity contribution in [1.29, 1.82) is 0 Å². The Balaban J connectivity index is 1.26. The van der Waals surface area contributed by atoms with Crippen LogP contribution in [-0.4, -0.2) is 57.9 Å². The summed E-state index contributed by atoms with van der Waals surface area (Å²) in [5, 5.41) is 3.37. The van der Waals surface area contributed by atoms with Gasteiger partial charge in [-0.2, -0.15) is 9.97 Å². The average molecular weight is 416 g/mol. The highest BCUT2D eigenvalue weighted by Crippen LogP contribution is 2.35. The van der Waals surface area contributed by atoms with Crippen molar-refractivity contribution in [2.24, 2.45) is 0 Å². The molecule has 0 atom stereocenters. The Kier molecular flexibility index (Phi) is 4.19. The third-order valence-corrected chi connectivity index (χ3v) is 5.44. The number of nitrogens with one attached hydrogen (secondary N) is 2. The van der Waals surface area contributed by atoms with Crippen LogP contribution in [0.25, 0.3) is 11.2 Å². The summed E-state index contributed by atoms with van der Waals surface area (Å²) in [7, 11) is 0. The van der Waals surface area contributed by atoms with E-state index in [2.05, 4.69) is 35.1 Å². The van der Waals surface area contributed by atoms with Gasteiger partial charge in [0.2, 0.25) is 12.7 Å². The van der Waals surface area contributed by atoms with E-state index in [1.165, 1.54) is 0 Å². The molecule has 0 aliphatic carbocycles. The van der Waals surface area contributed by atoms with Crippen molar-refractivity contribution in [2.45, 2.75) is 0 Å². The molecule has 10 nitrogen and oxygen atoms in total. The molecule has 10 heteroatoms. The fourth-order valence-electron chi connectivity index (χ4n) is 3.84. The smallest absolute Gasteiger partial charge is 0.231 e. The number of benzene rings is 1. The molecule has 156 valence electrons. The van der Waals surface area contributed by atoms with Gasteiger partial charge >= 0.3 is 0 Å². The zero-order chi connectivity index (χ0) is 20.6. The molecule has 0 unspecified atom stereocenters. The fourth-order valence-corrected chi connectivity index (χ4v) is 3.84. The third-order valence-electron chi connectivity index (χ3n) is 5.44. The number of aromatic nitrogens is 5. The summed E-state index contributed by atoms with van der Waals surface area (Å²) in [6.45, 7) is 3.55. The van der Waals surface area contributed by atoms with Crippen LogP contribution in [0.15, 0.2) is 48.9 Å². The van der Waals surface area contributed by atoms with Gasteiger partial charge in [0.05, 0.1) is 6.33 Å². The summed E-state index contributed by atoms with van der Waals surface area (Å²) in [6.07, 6.45) is 3.46. The lowest BCUT2D eigenvalue weighted by molar-refractivity contribution is 0.174. The van der Waals surface area contributed by atoms with Crippen molar-refractivity contribution in [3.05, 3.63) is 48.9 Å². The second-order valence-corrected chi connectivity index (χ2v) is 7.33. The van der Waals surface area contributed by atoms with Gasteiger partial charge in [0.15, 0.2) is 23.0 Å². The molecule has 5 heterocycles. The lowest BCUT2D eigenvalue weighted by Crippen LogP contribution is -2.47. The van der Waals surface area contributed by atoms with Gasteiger partial charge < -0.3 is 29.6 Å². The maximum absolute atomic E-state index is 5.48. The van der Waals surface area contributed by atoms with Crippen LogP contribution in [-0.2, 0) is 0 Å². The maximum atomic E-state index is 5.48. The van der Waals surface area contributed by atoms with Crippen LogP contribution in [0.3, 0.4) is 0 Å². The number of rotatable bonds is 4. The maximum Gasteiger partial charge on any atom is 0.231 e. The largest absolute Gasteiger partial charge is 0.454 e. The van der Waals surface area contributed by atoms with Crippen molar-refractivity contribution in [1.82, 2.24) is 24.9 Å². The number of imidazole rings is 1. The first kappa shape index (κ1) is 17.8. The highest BCUT2D eigenvalue weighted by Gasteiger charge is 2.22. The van der Waals surface area contributed by atoms with Crippen LogP contribution in [0.5, 0.6) is 11.5 Å². The first-order valence-corrected chi connectivity index (χ1v) is 10.1. The molecule has 1 fully saturated rings. The van der Waals surface area contributed by atoms with Crippen LogP contribution < -0.4 is 24.6 Å². The van der Waals surface area contributed by atoms with E-state index in [1.807, 2.05) is 42.6 Å². The molecule has 0 saturated carbocycles. The number of piperazine rings is 1. The number of nitrogens with zero attached hydrogens (tertiary/aromatic N) is 6. The molecule has 31 heavy (non-hydrogen) atoms. The van der Waals surface area contributed by atoms with Crippen LogP contribution >= 0.6 is 0 Å². The summed E-state index contributed by atoms with van der Waals surface area (Å²) in [5.74, 6) is 3.78. The van der Waals surface area contributed by atoms with Crippen molar-refractivity contribution >= 4 is 34.4 Å². The second kappa shape index (κ2) is 7.31. The van der Waals surface area contributed by atoms with E-state index in [1.54, 1.807) is 6.33 Å². The average Bonchev–Trinajstić information content (AvgIpc) is 3.49. The Morgan fingerprint density at radius 2 is 1.77 bits per heavy atom. The number of fused-ring (bicyclic) bond motifs is 2. The van der Waals surface area contributed by atoms with Gasteiger partial charge in [-0.15, -0.1) is 0 Å². The standard InChI is InChI=1S/C21H20N8O2/c1-2-6-22-17(3-1)28-7-9-29(10-8-28)21-26-19-18(23-12-24-19)20(27-21)25-14-4-5-15-16(11-14)31-13-30-15/h1-6,11-12H,7-10,13H2,(H2,23,24,25,26,27). The molecule has 2 aliphatic rings. The van der Waals surface area contributed by atoms with Gasteiger partial charge in [0.1, 0.15) is 11.3 Å². The third kappa shape index (κ3) is 3.31. The number of ether oxygens (including phenoxy) is 2. The Morgan fingerprint density at radius 1 is 0.903 bits per heavy atom. The van der Waals surface area contributed by atoms with Crippen molar-refractivity contribution in [2.75, 3.05) is 48.1 Å². The lowest BCUT2D eigenvalue weighted by atomic mass is 10.2. The summed E-state index contributed by atoms with van der Waals surface area (Å²) in [5.41, 5.74) is 2.23. The Morgan fingerprint density at radius 3 is 2.65 bits per heavy atom. The minimum atomic E-state index is 0.242. The molecule has 0 radical (unpaired) electrons. The minimum absolute atomic E-state index is 0.242. The van der Waals surface area contributed by atoms with Gasteiger partial charge in [-0.05, 0) is 24.3 Å². The fraction of sp³-hybridized carbons (Fsp3) is 0.238. The molecule has 6 rings (SSSR count). The van der Waals surface area contributed by atoms with E-state index in [4.69, 9.17) is 14.5 Å². The van der Waals surface area contributed by atoms with E-state index in [0.29, 0.717) is 23.2 Å². The highest BCUT2D eigenvalue weighted by atomic mass is 16.7. The predicted octanol–water partition coefficient (Wildman–Crippen LogP) is 2.55. The van der Waals surface area contributed by atoms with Crippen molar-refractivity contribution in [3.63, 3.8) is 0 Å². The number of H-pyrrole nitrogens is 1. The summed E-state index contributed by atoms with van der Waals surface area (Å²) < 4.78 is 10.9. The Labute approximate surface area is 177 Å². The zero-order valence-corrected chi connectivity index (χ0v) is 16.7.